The second-order valence-corrected chi connectivity index (χ2v) is 8.22. The number of furan rings is 1. The van der Waals surface area contributed by atoms with Crippen molar-refractivity contribution in [1.29, 1.82) is 0 Å². The van der Waals surface area contributed by atoms with Gasteiger partial charge in [0.05, 0.1) is 24.5 Å². The summed E-state index contributed by atoms with van der Waals surface area (Å²) < 4.78 is 11.2. The Hall–Kier alpha value is -3.10. The van der Waals surface area contributed by atoms with Gasteiger partial charge in [-0.25, -0.2) is 0 Å². The number of benzene rings is 2. The minimum atomic E-state index is -0.338. The second-order valence-electron chi connectivity index (χ2n) is 7.43. The lowest BCUT2D eigenvalue weighted by molar-refractivity contribution is 0.0951. The highest BCUT2D eigenvalue weighted by molar-refractivity contribution is 9.10. The number of carbonyl (C=O) groups is 2. The third-order valence-corrected chi connectivity index (χ3v) is 5.79. The summed E-state index contributed by atoms with van der Waals surface area (Å²) in [5.74, 6) is -0.400. The SMILES string of the molecule is CN(C(=O)c1ccc(Br)o1)c1ccccc1C(=O)NCc1ccc(N2CCOCC2)cc1. The summed E-state index contributed by atoms with van der Waals surface area (Å²) in [6, 6.07) is 18.4. The molecule has 8 heteroatoms. The van der Waals surface area contributed by atoms with Crippen LogP contribution in [0.5, 0.6) is 0 Å². The van der Waals surface area contributed by atoms with Crippen LogP contribution >= 0.6 is 15.9 Å². The number of hydrogen-bond acceptors (Lipinski definition) is 5. The number of nitrogens with zero attached hydrogens (tertiary/aromatic N) is 2. The molecule has 1 N–H and O–H groups in total. The summed E-state index contributed by atoms with van der Waals surface area (Å²) in [5, 5.41) is 2.95. The Balaban J connectivity index is 1.42. The standard InChI is InChI=1S/C24H24BrN3O4/c1-27(24(30)21-10-11-22(25)32-21)20-5-3-2-4-19(20)23(29)26-16-17-6-8-18(9-7-17)28-12-14-31-15-13-28/h2-11H,12-16H2,1H3,(H,26,29). The molecule has 3 aromatic rings. The Bertz CT molecular complexity index is 1090. The molecule has 2 amide bonds. The fraction of sp³-hybridized carbons (Fsp3) is 0.250. The first-order chi connectivity index (χ1) is 15.5. The Kier molecular flexibility index (Phi) is 6.92. The van der Waals surface area contributed by atoms with Crippen LogP contribution < -0.4 is 15.1 Å². The topological polar surface area (TPSA) is 75.0 Å². The Morgan fingerprint density at radius 2 is 1.75 bits per heavy atom. The van der Waals surface area contributed by atoms with Gasteiger partial charge in [-0.05, 0) is 57.9 Å². The van der Waals surface area contributed by atoms with Crippen LogP contribution in [0.15, 0.2) is 69.8 Å². The summed E-state index contributed by atoms with van der Waals surface area (Å²) in [6.07, 6.45) is 0. The molecule has 0 aliphatic carbocycles. The number of amides is 2. The molecule has 1 aliphatic heterocycles. The maximum absolute atomic E-state index is 12.9. The average Bonchev–Trinajstić information content (AvgIpc) is 3.28. The molecule has 0 spiro atoms. The van der Waals surface area contributed by atoms with E-state index in [2.05, 4.69) is 38.3 Å². The molecule has 0 bridgehead atoms. The third-order valence-electron chi connectivity index (χ3n) is 5.36. The molecule has 166 valence electrons. The summed E-state index contributed by atoms with van der Waals surface area (Å²) in [7, 11) is 1.62. The van der Waals surface area contributed by atoms with Gasteiger partial charge in [0.15, 0.2) is 10.4 Å². The fourth-order valence-corrected chi connectivity index (χ4v) is 3.89. The van der Waals surface area contributed by atoms with Gasteiger partial charge >= 0.3 is 0 Å². The highest BCUT2D eigenvalue weighted by atomic mass is 79.9. The van der Waals surface area contributed by atoms with Gasteiger partial charge in [0.25, 0.3) is 11.8 Å². The monoisotopic (exact) mass is 497 g/mol. The van der Waals surface area contributed by atoms with Crippen molar-refractivity contribution >= 4 is 39.1 Å². The van der Waals surface area contributed by atoms with E-state index in [1.165, 1.54) is 4.90 Å². The second kappa shape index (κ2) is 10.0. The Morgan fingerprint density at radius 1 is 1.03 bits per heavy atom. The van der Waals surface area contributed by atoms with Crippen LogP contribution in [0.1, 0.15) is 26.5 Å². The number of carbonyl (C=O) groups excluding carboxylic acids is 2. The van der Waals surface area contributed by atoms with Crippen LogP contribution in [0.2, 0.25) is 0 Å². The molecule has 1 saturated heterocycles. The van der Waals surface area contributed by atoms with Gasteiger partial charge in [0.1, 0.15) is 0 Å². The van der Waals surface area contributed by atoms with Crippen LogP contribution in [-0.2, 0) is 11.3 Å². The highest BCUT2D eigenvalue weighted by Gasteiger charge is 2.21. The molecule has 1 aromatic heterocycles. The molecule has 4 rings (SSSR count). The van der Waals surface area contributed by atoms with Gasteiger partial charge < -0.3 is 24.3 Å². The minimum absolute atomic E-state index is 0.190. The molecule has 0 radical (unpaired) electrons. The zero-order chi connectivity index (χ0) is 22.5. The quantitative estimate of drug-likeness (QED) is 0.555. The zero-order valence-electron chi connectivity index (χ0n) is 17.7. The lowest BCUT2D eigenvalue weighted by Gasteiger charge is -2.28. The molecular formula is C24H24BrN3O4. The fourth-order valence-electron chi connectivity index (χ4n) is 3.59. The number of nitrogens with one attached hydrogen (secondary N) is 1. The molecule has 1 fully saturated rings. The maximum Gasteiger partial charge on any atom is 0.293 e. The largest absolute Gasteiger partial charge is 0.444 e. The third kappa shape index (κ3) is 5.03. The number of hydrogen-bond donors (Lipinski definition) is 1. The first-order valence-electron chi connectivity index (χ1n) is 10.3. The Morgan fingerprint density at radius 3 is 2.44 bits per heavy atom. The van der Waals surface area contributed by atoms with E-state index in [0.717, 1.165) is 37.6 Å². The smallest absolute Gasteiger partial charge is 0.293 e. The number of rotatable bonds is 6. The van der Waals surface area contributed by atoms with Gasteiger partial charge in [0, 0.05) is 32.4 Å². The van der Waals surface area contributed by atoms with Gasteiger partial charge in [-0.2, -0.15) is 0 Å². The van der Waals surface area contributed by atoms with Crippen molar-refractivity contribution in [3.05, 3.63) is 82.2 Å². The first-order valence-corrected chi connectivity index (χ1v) is 11.1. The van der Waals surface area contributed by atoms with Crippen LogP contribution in [0.3, 0.4) is 0 Å². The zero-order valence-corrected chi connectivity index (χ0v) is 19.3. The molecule has 7 nitrogen and oxygen atoms in total. The van der Waals surface area contributed by atoms with Gasteiger partial charge in [-0.3, -0.25) is 9.59 Å². The molecule has 2 aromatic carbocycles. The van der Waals surface area contributed by atoms with Crippen molar-refractivity contribution in [2.45, 2.75) is 6.54 Å². The highest BCUT2D eigenvalue weighted by Crippen LogP contribution is 2.23. The molecule has 0 unspecified atom stereocenters. The number of ether oxygens (including phenoxy) is 1. The predicted octanol–water partition coefficient (Wildman–Crippen LogP) is 4.09. The van der Waals surface area contributed by atoms with E-state index in [1.54, 1.807) is 43.4 Å². The molecule has 0 atom stereocenters. The number of para-hydroxylation sites is 1. The molecule has 32 heavy (non-hydrogen) atoms. The van der Waals surface area contributed by atoms with Crippen molar-refractivity contribution < 1.29 is 18.7 Å². The van der Waals surface area contributed by atoms with E-state index in [9.17, 15) is 9.59 Å². The lowest BCUT2D eigenvalue weighted by Crippen LogP contribution is -2.36. The van der Waals surface area contributed by atoms with E-state index in [0.29, 0.717) is 22.5 Å². The molecule has 1 aliphatic rings. The van der Waals surface area contributed by atoms with Crippen LogP contribution in [0.4, 0.5) is 11.4 Å². The van der Waals surface area contributed by atoms with Crippen molar-refractivity contribution in [3.8, 4) is 0 Å². The van der Waals surface area contributed by atoms with E-state index in [4.69, 9.17) is 9.15 Å². The van der Waals surface area contributed by atoms with Crippen LogP contribution in [-0.4, -0.2) is 45.2 Å². The van der Waals surface area contributed by atoms with E-state index in [1.807, 2.05) is 12.1 Å². The summed E-state index contributed by atoms with van der Waals surface area (Å²) in [6.45, 7) is 3.64. The summed E-state index contributed by atoms with van der Waals surface area (Å²) in [4.78, 5) is 29.4. The summed E-state index contributed by atoms with van der Waals surface area (Å²) in [5.41, 5.74) is 3.07. The van der Waals surface area contributed by atoms with Gasteiger partial charge in [-0.15, -0.1) is 0 Å². The molecule has 0 saturated carbocycles. The van der Waals surface area contributed by atoms with Crippen LogP contribution in [0.25, 0.3) is 0 Å². The number of morpholine rings is 1. The summed E-state index contributed by atoms with van der Waals surface area (Å²) >= 11 is 3.20. The van der Waals surface area contributed by atoms with Crippen molar-refractivity contribution in [2.75, 3.05) is 43.2 Å². The lowest BCUT2D eigenvalue weighted by atomic mass is 10.1. The number of anilines is 2. The predicted molar refractivity (Wildman–Crippen MR) is 126 cm³/mol. The van der Waals surface area contributed by atoms with Crippen molar-refractivity contribution in [1.82, 2.24) is 5.32 Å². The average molecular weight is 498 g/mol. The minimum Gasteiger partial charge on any atom is -0.444 e. The van der Waals surface area contributed by atoms with E-state index in [-0.39, 0.29) is 17.6 Å². The maximum atomic E-state index is 12.9. The Labute approximate surface area is 195 Å². The van der Waals surface area contributed by atoms with E-state index >= 15 is 0 Å². The van der Waals surface area contributed by atoms with Crippen molar-refractivity contribution in [2.24, 2.45) is 0 Å². The number of halogens is 1. The molecule has 2 heterocycles. The normalized spacial score (nSPS) is 13.6. The first kappa shape index (κ1) is 22.1. The van der Waals surface area contributed by atoms with E-state index < -0.39 is 0 Å². The van der Waals surface area contributed by atoms with Crippen molar-refractivity contribution in [3.63, 3.8) is 0 Å². The molecular weight excluding hydrogens is 474 g/mol. The van der Waals surface area contributed by atoms with Gasteiger partial charge in [0.2, 0.25) is 0 Å². The van der Waals surface area contributed by atoms with Crippen LogP contribution in [0, 0.1) is 0 Å². The van der Waals surface area contributed by atoms with Gasteiger partial charge in [-0.1, -0.05) is 24.3 Å².